The van der Waals surface area contributed by atoms with Crippen LogP contribution in [0.2, 0.25) is 5.02 Å². The molecule has 0 aliphatic carbocycles. The zero-order chi connectivity index (χ0) is 22.6. The van der Waals surface area contributed by atoms with Crippen molar-refractivity contribution in [3.63, 3.8) is 0 Å². The fraction of sp³-hybridized carbons (Fsp3) is 0.143. The minimum absolute atomic E-state index is 0.0220. The maximum Gasteiger partial charge on any atom is 0.417 e. The highest BCUT2D eigenvalue weighted by molar-refractivity contribution is 7.80. The summed E-state index contributed by atoms with van der Waals surface area (Å²) in [5.41, 5.74) is 0.483. The zero-order valence-corrected chi connectivity index (χ0v) is 18.4. The maximum absolute atomic E-state index is 13.1. The second-order valence-corrected chi connectivity index (χ2v) is 8.33. The number of carbonyl (C=O) groups is 1. The summed E-state index contributed by atoms with van der Waals surface area (Å²) in [7, 11) is 1.27. The van der Waals surface area contributed by atoms with E-state index in [4.69, 9.17) is 28.6 Å². The molecular weight excluding hydrogens is 469 g/mol. The SMILES string of the molecule is COC(=O)c1cc(Cc2ccccc2)sc1NC(=S)Nc1ccc(Cl)c(C(F)(F)F)c1. The number of benzene rings is 2. The molecule has 1 heterocycles. The van der Waals surface area contributed by atoms with E-state index in [0.717, 1.165) is 22.6 Å². The number of rotatable bonds is 5. The maximum atomic E-state index is 13.1. The second-order valence-electron chi connectivity index (χ2n) is 6.38. The Morgan fingerprint density at radius 1 is 1.13 bits per heavy atom. The van der Waals surface area contributed by atoms with Gasteiger partial charge in [0.1, 0.15) is 5.00 Å². The molecule has 10 heteroatoms. The Morgan fingerprint density at radius 3 is 2.48 bits per heavy atom. The van der Waals surface area contributed by atoms with E-state index >= 15 is 0 Å². The second kappa shape index (κ2) is 9.67. The van der Waals surface area contributed by atoms with Crippen LogP contribution in [0.5, 0.6) is 0 Å². The van der Waals surface area contributed by atoms with Crippen molar-refractivity contribution < 1.29 is 22.7 Å². The first kappa shape index (κ1) is 23.1. The van der Waals surface area contributed by atoms with E-state index in [1.807, 2.05) is 30.3 Å². The lowest BCUT2D eigenvalue weighted by Crippen LogP contribution is -2.20. The van der Waals surface area contributed by atoms with Crippen LogP contribution < -0.4 is 10.6 Å². The Hall–Kier alpha value is -2.62. The molecule has 3 rings (SSSR count). The molecule has 0 bridgehead atoms. The molecule has 0 aliphatic rings. The molecule has 2 aromatic carbocycles. The van der Waals surface area contributed by atoms with Gasteiger partial charge in [0.05, 0.1) is 23.3 Å². The normalized spacial score (nSPS) is 11.1. The van der Waals surface area contributed by atoms with E-state index < -0.39 is 22.7 Å². The predicted octanol–water partition coefficient (Wildman–Crippen LogP) is 6.61. The van der Waals surface area contributed by atoms with Crippen molar-refractivity contribution in [1.29, 1.82) is 0 Å². The van der Waals surface area contributed by atoms with Gasteiger partial charge >= 0.3 is 12.1 Å². The molecule has 0 spiro atoms. The van der Waals surface area contributed by atoms with E-state index in [0.29, 0.717) is 11.4 Å². The van der Waals surface area contributed by atoms with Crippen LogP contribution in [0.15, 0.2) is 54.6 Å². The number of halogens is 4. The number of anilines is 2. The van der Waals surface area contributed by atoms with Crippen LogP contribution in [-0.2, 0) is 17.3 Å². The van der Waals surface area contributed by atoms with Crippen LogP contribution in [0.1, 0.15) is 26.4 Å². The summed E-state index contributed by atoms with van der Waals surface area (Å²) in [6.45, 7) is 0. The average Bonchev–Trinajstić information content (AvgIpc) is 3.10. The van der Waals surface area contributed by atoms with Gasteiger partial charge in [-0.2, -0.15) is 13.2 Å². The van der Waals surface area contributed by atoms with Crippen LogP contribution in [0, 0.1) is 0 Å². The van der Waals surface area contributed by atoms with E-state index in [9.17, 15) is 18.0 Å². The molecule has 0 saturated heterocycles. The van der Waals surface area contributed by atoms with Crippen molar-refractivity contribution >= 4 is 56.9 Å². The quantitative estimate of drug-likeness (QED) is 0.315. The van der Waals surface area contributed by atoms with Gasteiger partial charge in [0.25, 0.3) is 0 Å². The molecule has 3 aromatic rings. The molecule has 0 amide bonds. The fourth-order valence-electron chi connectivity index (χ4n) is 2.77. The number of ether oxygens (including phenoxy) is 1. The summed E-state index contributed by atoms with van der Waals surface area (Å²) in [5, 5.41) is 5.61. The number of carbonyl (C=O) groups excluding carboxylic acids is 1. The van der Waals surface area contributed by atoms with Gasteiger partial charge in [-0.3, -0.25) is 0 Å². The Morgan fingerprint density at radius 2 is 1.84 bits per heavy atom. The van der Waals surface area contributed by atoms with Gasteiger partial charge in [0, 0.05) is 17.0 Å². The molecule has 0 aliphatic heterocycles. The Bertz CT molecular complexity index is 1100. The highest BCUT2D eigenvalue weighted by atomic mass is 35.5. The molecule has 0 unspecified atom stereocenters. The number of hydrogen-bond donors (Lipinski definition) is 2. The Labute approximate surface area is 191 Å². The van der Waals surface area contributed by atoms with E-state index in [2.05, 4.69) is 10.6 Å². The van der Waals surface area contributed by atoms with Crippen LogP contribution >= 0.6 is 35.2 Å². The lowest BCUT2D eigenvalue weighted by atomic mass is 10.1. The van der Waals surface area contributed by atoms with Gasteiger partial charge < -0.3 is 15.4 Å². The highest BCUT2D eigenvalue weighted by Gasteiger charge is 2.33. The summed E-state index contributed by atoms with van der Waals surface area (Å²) in [4.78, 5) is 13.1. The highest BCUT2D eigenvalue weighted by Crippen LogP contribution is 2.36. The lowest BCUT2D eigenvalue weighted by Gasteiger charge is -2.14. The Kier molecular flexibility index (Phi) is 7.19. The van der Waals surface area contributed by atoms with E-state index in [-0.39, 0.29) is 16.4 Å². The number of nitrogens with one attached hydrogen (secondary N) is 2. The molecule has 0 atom stereocenters. The van der Waals surface area contributed by atoms with Gasteiger partial charge in [-0.05, 0) is 42.0 Å². The minimum Gasteiger partial charge on any atom is -0.465 e. The number of esters is 1. The first-order valence-electron chi connectivity index (χ1n) is 8.87. The predicted molar refractivity (Wildman–Crippen MR) is 121 cm³/mol. The minimum atomic E-state index is -4.60. The first-order valence-corrected chi connectivity index (χ1v) is 10.5. The molecule has 31 heavy (non-hydrogen) atoms. The summed E-state index contributed by atoms with van der Waals surface area (Å²) >= 11 is 12.2. The number of hydrogen-bond acceptors (Lipinski definition) is 4. The van der Waals surface area contributed by atoms with Crippen LogP contribution in [0.3, 0.4) is 0 Å². The van der Waals surface area contributed by atoms with E-state index in [1.54, 1.807) is 6.07 Å². The zero-order valence-electron chi connectivity index (χ0n) is 16.0. The number of thiophene rings is 1. The van der Waals surface area contributed by atoms with Gasteiger partial charge in [-0.1, -0.05) is 41.9 Å². The molecule has 0 radical (unpaired) electrons. The van der Waals surface area contributed by atoms with Crippen molar-refractivity contribution in [2.24, 2.45) is 0 Å². The van der Waals surface area contributed by atoms with Crippen molar-refractivity contribution in [2.45, 2.75) is 12.6 Å². The van der Waals surface area contributed by atoms with Crippen molar-refractivity contribution in [1.82, 2.24) is 0 Å². The first-order chi connectivity index (χ1) is 14.7. The van der Waals surface area contributed by atoms with Crippen LogP contribution in [-0.4, -0.2) is 18.2 Å². The number of alkyl halides is 3. The molecule has 1 aromatic heterocycles. The molecule has 162 valence electrons. The third-order valence-corrected chi connectivity index (χ3v) is 5.75. The summed E-state index contributed by atoms with van der Waals surface area (Å²) in [6.07, 6.45) is -3.99. The smallest absolute Gasteiger partial charge is 0.417 e. The molecular formula is C21H16ClF3N2O2S2. The van der Waals surface area contributed by atoms with Crippen molar-refractivity contribution in [3.05, 3.63) is 81.2 Å². The van der Waals surface area contributed by atoms with Gasteiger partial charge in [-0.25, -0.2) is 4.79 Å². The van der Waals surface area contributed by atoms with Crippen LogP contribution in [0.25, 0.3) is 0 Å². The third kappa shape index (κ3) is 5.96. The lowest BCUT2D eigenvalue weighted by molar-refractivity contribution is -0.137. The molecule has 4 nitrogen and oxygen atoms in total. The summed E-state index contributed by atoms with van der Waals surface area (Å²) < 4.78 is 44.0. The largest absolute Gasteiger partial charge is 0.465 e. The number of thiocarbonyl (C=S) groups is 1. The third-order valence-electron chi connectivity index (χ3n) is 4.17. The topological polar surface area (TPSA) is 50.4 Å². The molecule has 0 fully saturated rings. The Balaban J connectivity index is 1.79. The van der Waals surface area contributed by atoms with Crippen molar-refractivity contribution in [2.75, 3.05) is 17.7 Å². The van der Waals surface area contributed by atoms with E-state index in [1.165, 1.54) is 24.5 Å². The van der Waals surface area contributed by atoms with Gasteiger partial charge in [0.2, 0.25) is 0 Å². The average molecular weight is 485 g/mol. The van der Waals surface area contributed by atoms with Crippen LogP contribution in [0.4, 0.5) is 23.9 Å². The van der Waals surface area contributed by atoms with Gasteiger partial charge in [-0.15, -0.1) is 11.3 Å². The standard InChI is InChI=1S/C21H16ClF3N2O2S2/c1-29-19(28)15-11-14(9-12-5-3-2-4-6-12)31-18(15)27-20(30)26-13-7-8-17(22)16(10-13)21(23,24)25/h2-8,10-11H,9H2,1H3,(H2,26,27,30). The van der Waals surface area contributed by atoms with Crippen molar-refractivity contribution in [3.8, 4) is 0 Å². The summed E-state index contributed by atoms with van der Waals surface area (Å²) in [6, 6.07) is 14.8. The fourth-order valence-corrected chi connectivity index (χ4v) is 4.36. The van der Waals surface area contributed by atoms with Gasteiger partial charge in [0.15, 0.2) is 5.11 Å². The number of methoxy groups -OCH3 is 1. The molecule has 2 N–H and O–H groups in total. The summed E-state index contributed by atoms with van der Waals surface area (Å²) in [5.74, 6) is -0.549. The molecule has 0 saturated carbocycles. The monoisotopic (exact) mass is 484 g/mol.